The molecular formula is C51H61FN8O6S. The maximum Gasteiger partial charge on any atom is 0.246 e. The number of thiazole rings is 1. The van der Waals surface area contributed by atoms with Crippen LogP contribution in [-0.2, 0) is 19.1 Å². The second-order valence-corrected chi connectivity index (χ2v) is 19.3. The number of likely N-dealkylation sites (tertiary alicyclic amines) is 1. The third-order valence-corrected chi connectivity index (χ3v) is 13.3. The van der Waals surface area contributed by atoms with E-state index in [1.54, 1.807) is 40.7 Å². The summed E-state index contributed by atoms with van der Waals surface area (Å²) in [4.78, 5) is 54.4. The number of β-amino-alcohol motifs (C(OH)–C–C–N with tert-alkyl or cyclic N) is 1. The van der Waals surface area contributed by atoms with Crippen LogP contribution < -0.4 is 15.5 Å². The number of carbonyl (C=O) groups excluding carboxylic acids is 3. The molecule has 7 rings (SSSR count). The van der Waals surface area contributed by atoms with Gasteiger partial charge in [-0.3, -0.25) is 14.4 Å². The normalized spacial score (nSPS) is 15.9. The quantitative estimate of drug-likeness (QED) is 0.0710. The third kappa shape index (κ3) is 11.5. The van der Waals surface area contributed by atoms with Crippen LogP contribution in [0, 0.1) is 38.9 Å². The number of halogens is 1. The molecule has 0 radical (unpaired) electrons. The fourth-order valence-corrected chi connectivity index (χ4v) is 9.45. The number of hydrogen-bond donors (Lipinski definition) is 3. The van der Waals surface area contributed by atoms with E-state index in [1.807, 2.05) is 91.2 Å². The summed E-state index contributed by atoms with van der Waals surface area (Å²) < 4.78 is 28.1. The van der Waals surface area contributed by atoms with Crippen LogP contribution in [0.3, 0.4) is 0 Å². The van der Waals surface area contributed by atoms with Crippen molar-refractivity contribution in [2.75, 3.05) is 31.2 Å². The van der Waals surface area contributed by atoms with Gasteiger partial charge in [-0.25, -0.2) is 14.4 Å². The molecule has 0 aliphatic carbocycles. The van der Waals surface area contributed by atoms with Crippen LogP contribution in [0.5, 0.6) is 0 Å². The summed E-state index contributed by atoms with van der Waals surface area (Å²) in [6, 6.07) is 17.0. The molecule has 67 heavy (non-hydrogen) atoms. The number of aliphatic hydroxyl groups excluding tert-OH is 1. The predicted molar refractivity (Wildman–Crippen MR) is 258 cm³/mol. The number of aliphatic hydroxyl groups is 1. The molecule has 3 aromatic carbocycles. The monoisotopic (exact) mass is 932 g/mol. The first-order valence-corrected chi connectivity index (χ1v) is 23.6. The largest absolute Gasteiger partial charge is 0.391 e. The highest BCUT2D eigenvalue weighted by Crippen LogP contribution is 2.37. The molecule has 1 saturated heterocycles. The van der Waals surface area contributed by atoms with Crippen LogP contribution in [0.1, 0.15) is 87.7 Å². The maximum absolute atomic E-state index is 15.2. The summed E-state index contributed by atoms with van der Waals surface area (Å²) in [7, 11) is 0. The fraction of sp³-hybridized carbons (Fsp3) is 0.412. The van der Waals surface area contributed by atoms with Crippen molar-refractivity contribution in [2.24, 2.45) is 5.41 Å². The minimum Gasteiger partial charge on any atom is -0.391 e. The zero-order chi connectivity index (χ0) is 48.0. The van der Waals surface area contributed by atoms with E-state index in [-0.39, 0.29) is 37.3 Å². The molecule has 0 spiro atoms. The number of rotatable bonds is 18. The number of nitrogens with zero attached hydrogens (tertiary/aromatic N) is 6. The molecule has 3 N–H and O–H groups in total. The number of aromatic nitrogens is 4. The first kappa shape index (κ1) is 48.7. The average Bonchev–Trinajstić information content (AvgIpc) is 4.13. The number of benzene rings is 3. The SMILES string of the molecule is Cc1ccc(-c2c(C)noc2C)cc1N(CCCCCOCC(=O)N[C@H](C(=O)N1C[C@H](O)C[C@H]1C(=O)N[C@@H](C)c1ccc(-c2scnc2C)cc1)C(C)(C)C)c1ccc(F)c(-n2ccnc2)c1. The van der Waals surface area contributed by atoms with Crippen LogP contribution in [0.4, 0.5) is 15.8 Å². The van der Waals surface area contributed by atoms with Gasteiger partial charge in [0.1, 0.15) is 30.3 Å². The van der Waals surface area contributed by atoms with E-state index in [0.29, 0.717) is 25.3 Å². The third-order valence-electron chi connectivity index (χ3n) is 12.3. The smallest absolute Gasteiger partial charge is 0.246 e. The minimum atomic E-state index is -0.976. The van der Waals surface area contributed by atoms with Gasteiger partial charge in [-0.05, 0) is 106 Å². The Morgan fingerprint density at radius 1 is 0.985 bits per heavy atom. The van der Waals surface area contributed by atoms with Crippen molar-refractivity contribution in [3.05, 3.63) is 119 Å². The molecule has 16 heteroatoms. The van der Waals surface area contributed by atoms with E-state index in [0.717, 1.165) is 74.1 Å². The summed E-state index contributed by atoms with van der Waals surface area (Å²) >= 11 is 1.57. The lowest BCUT2D eigenvalue weighted by molar-refractivity contribution is -0.144. The van der Waals surface area contributed by atoms with Gasteiger partial charge in [-0.1, -0.05) is 62.3 Å². The van der Waals surface area contributed by atoms with Gasteiger partial charge in [-0.15, -0.1) is 11.3 Å². The van der Waals surface area contributed by atoms with Crippen LogP contribution in [0.2, 0.25) is 0 Å². The topological polar surface area (TPSA) is 168 Å². The van der Waals surface area contributed by atoms with E-state index < -0.39 is 35.4 Å². The van der Waals surface area contributed by atoms with E-state index in [4.69, 9.17) is 9.26 Å². The van der Waals surface area contributed by atoms with Gasteiger partial charge in [0.2, 0.25) is 17.7 Å². The zero-order valence-corrected chi connectivity index (χ0v) is 40.3. The molecule has 354 valence electrons. The minimum absolute atomic E-state index is 0.0241. The number of amides is 3. The lowest BCUT2D eigenvalue weighted by atomic mass is 9.85. The highest BCUT2D eigenvalue weighted by atomic mass is 32.1. The molecule has 0 bridgehead atoms. The van der Waals surface area contributed by atoms with Crippen molar-refractivity contribution >= 4 is 40.4 Å². The van der Waals surface area contributed by atoms with E-state index in [1.165, 1.54) is 11.0 Å². The molecule has 4 atom stereocenters. The summed E-state index contributed by atoms with van der Waals surface area (Å²) in [5.74, 6) is -0.906. The number of carbonyl (C=O) groups is 3. The number of unbranched alkanes of at least 4 members (excludes halogenated alkanes) is 2. The van der Waals surface area contributed by atoms with Gasteiger partial charge >= 0.3 is 0 Å². The molecule has 14 nitrogen and oxygen atoms in total. The van der Waals surface area contributed by atoms with Crippen molar-refractivity contribution in [3.63, 3.8) is 0 Å². The molecule has 0 unspecified atom stereocenters. The number of hydrogen-bond acceptors (Lipinski definition) is 11. The number of imidazole rings is 1. The van der Waals surface area contributed by atoms with Crippen molar-refractivity contribution in [1.29, 1.82) is 0 Å². The van der Waals surface area contributed by atoms with E-state index in [2.05, 4.69) is 48.9 Å². The van der Waals surface area contributed by atoms with Gasteiger partial charge in [0.15, 0.2) is 0 Å². The summed E-state index contributed by atoms with van der Waals surface area (Å²) in [6.07, 6.45) is 6.30. The fourth-order valence-electron chi connectivity index (χ4n) is 8.64. The molecule has 1 fully saturated rings. The number of aryl methyl sites for hydroxylation is 4. The van der Waals surface area contributed by atoms with E-state index in [9.17, 15) is 19.5 Å². The molecular weight excluding hydrogens is 872 g/mol. The maximum atomic E-state index is 15.2. The first-order valence-electron chi connectivity index (χ1n) is 22.8. The van der Waals surface area contributed by atoms with Gasteiger partial charge in [0.05, 0.1) is 45.9 Å². The Kier molecular flexibility index (Phi) is 15.4. The molecule has 1 aliphatic heterocycles. The Bertz CT molecular complexity index is 2640. The highest BCUT2D eigenvalue weighted by Gasteiger charge is 2.44. The lowest BCUT2D eigenvalue weighted by Crippen LogP contribution is -2.58. The van der Waals surface area contributed by atoms with Gasteiger partial charge in [0.25, 0.3) is 0 Å². The van der Waals surface area contributed by atoms with Crippen LogP contribution in [0.25, 0.3) is 27.3 Å². The van der Waals surface area contributed by atoms with Gasteiger partial charge < -0.3 is 39.4 Å². The Hall–Kier alpha value is -6.23. The number of nitrogens with one attached hydrogen (secondary N) is 2. The standard InChI is InChI=1S/C51H61FN8O6S/c1-31-12-13-38(46-33(3)57-66-35(46)5)24-42(31)59(39-18-19-41(52)43(25-39)58-22-20-53-29-58)21-10-9-11-23-65-28-45(62)56-48(51(6,7)8)50(64)60-27-40(61)26-44(60)49(63)55-32(2)36-14-16-37(17-15-36)47-34(4)54-30-67-47/h12-20,22,24-25,29-30,32,40,44,48,61H,9-11,21,23,26-28H2,1-8H3,(H,55,63)(H,56,62)/t32-,40+,44-,48+/m0/s1. The van der Waals surface area contributed by atoms with Crippen LogP contribution in [0.15, 0.2) is 89.4 Å². The Morgan fingerprint density at radius 2 is 1.75 bits per heavy atom. The number of ether oxygens (including phenoxy) is 1. The van der Waals surface area contributed by atoms with E-state index >= 15 is 4.39 Å². The highest BCUT2D eigenvalue weighted by molar-refractivity contribution is 7.13. The Balaban J connectivity index is 0.937. The molecule has 4 heterocycles. The predicted octanol–water partition coefficient (Wildman–Crippen LogP) is 8.72. The number of anilines is 2. The second kappa shape index (κ2) is 21.2. The van der Waals surface area contributed by atoms with Gasteiger partial charge in [-0.2, -0.15) is 0 Å². The molecule has 3 aromatic heterocycles. The lowest BCUT2D eigenvalue weighted by Gasteiger charge is -2.35. The Morgan fingerprint density at radius 3 is 2.42 bits per heavy atom. The molecule has 3 amide bonds. The van der Waals surface area contributed by atoms with Gasteiger partial charge in [0, 0.05) is 55.4 Å². The zero-order valence-electron chi connectivity index (χ0n) is 39.5. The van der Waals surface area contributed by atoms with Crippen molar-refractivity contribution < 1.29 is 33.1 Å². The second-order valence-electron chi connectivity index (χ2n) is 18.5. The first-order chi connectivity index (χ1) is 32.0. The van der Waals surface area contributed by atoms with Crippen LogP contribution >= 0.6 is 11.3 Å². The molecule has 6 aromatic rings. The summed E-state index contributed by atoms with van der Waals surface area (Å²) in [6.45, 7) is 15.9. The average molecular weight is 933 g/mol. The van der Waals surface area contributed by atoms with Crippen molar-refractivity contribution in [1.82, 2.24) is 35.2 Å². The van der Waals surface area contributed by atoms with Crippen molar-refractivity contribution in [3.8, 4) is 27.3 Å². The Labute approximate surface area is 395 Å². The van der Waals surface area contributed by atoms with Crippen molar-refractivity contribution in [2.45, 2.75) is 105 Å². The molecule has 1 aliphatic rings. The summed E-state index contributed by atoms with van der Waals surface area (Å²) in [5.41, 5.74) is 9.91. The molecule has 0 saturated carbocycles. The van der Waals surface area contributed by atoms with Crippen LogP contribution in [-0.4, -0.2) is 91.9 Å². The summed E-state index contributed by atoms with van der Waals surface area (Å²) in [5, 5.41) is 20.8.